The molecule has 1 aliphatic heterocycles. The van der Waals surface area contributed by atoms with E-state index in [-0.39, 0.29) is 0 Å². The third-order valence-corrected chi connectivity index (χ3v) is 2.50. The number of nitrogens with zero attached hydrogens (tertiary/aromatic N) is 2. The lowest BCUT2D eigenvalue weighted by Gasteiger charge is -2.14. The highest BCUT2D eigenvalue weighted by atomic mass is 16.5. The number of aromatic nitrogens is 1. The zero-order valence-electron chi connectivity index (χ0n) is 8.37. The second-order valence-electron chi connectivity index (χ2n) is 4.01. The summed E-state index contributed by atoms with van der Waals surface area (Å²) < 4.78 is 5.35. The van der Waals surface area contributed by atoms with Crippen molar-refractivity contribution in [3.63, 3.8) is 0 Å². The highest BCUT2D eigenvalue weighted by Gasteiger charge is 2.24. The van der Waals surface area contributed by atoms with Gasteiger partial charge in [-0.2, -0.15) is 5.26 Å². The molecule has 72 valence electrons. The van der Waals surface area contributed by atoms with Gasteiger partial charge >= 0.3 is 0 Å². The Morgan fingerprint density at radius 1 is 1.57 bits per heavy atom. The van der Waals surface area contributed by atoms with E-state index in [0.29, 0.717) is 0 Å². The molecule has 0 N–H and O–H groups in total. The molecule has 0 aliphatic carbocycles. The second kappa shape index (κ2) is 2.98. The molecule has 3 heteroatoms. The molecule has 0 saturated heterocycles. The van der Waals surface area contributed by atoms with Gasteiger partial charge in [0.2, 0.25) is 0 Å². The van der Waals surface area contributed by atoms with Crippen LogP contribution < -0.4 is 4.74 Å². The molecule has 1 aromatic rings. The molecule has 2 heterocycles. The van der Waals surface area contributed by atoms with Crippen molar-refractivity contribution in [3.8, 4) is 11.8 Å². The average molecular weight is 188 g/mol. The summed E-state index contributed by atoms with van der Waals surface area (Å²) in [7, 11) is 0. The van der Waals surface area contributed by atoms with Gasteiger partial charge < -0.3 is 4.74 Å². The maximum Gasteiger partial charge on any atom is 0.140 e. The maximum absolute atomic E-state index is 8.97. The van der Waals surface area contributed by atoms with Crippen LogP contribution in [0.25, 0.3) is 0 Å². The lowest BCUT2D eigenvalue weighted by molar-refractivity contribution is 0.355. The van der Waals surface area contributed by atoms with Crippen molar-refractivity contribution in [1.29, 1.82) is 5.26 Å². The number of rotatable bonds is 1. The van der Waals surface area contributed by atoms with Crippen LogP contribution in [0.15, 0.2) is 12.3 Å². The summed E-state index contributed by atoms with van der Waals surface area (Å²) in [5.41, 5.74) is 1.47. The summed E-state index contributed by atoms with van der Waals surface area (Å²) in [6, 6.07) is 4.22. The Morgan fingerprint density at radius 2 is 2.36 bits per heavy atom. The molecule has 0 saturated carbocycles. The Bertz CT molecular complexity index is 404. The number of pyridine rings is 1. The van der Waals surface area contributed by atoms with Crippen molar-refractivity contribution in [3.05, 3.63) is 23.5 Å². The standard InChI is InChI=1S/C11H12N2O/c1-11(2,7-12)10-5-8-3-4-14-9(8)6-13-10/h5-6H,3-4H2,1-2H3. The first-order valence-corrected chi connectivity index (χ1v) is 4.67. The predicted octanol–water partition coefficient (Wildman–Crippen LogP) is 1.82. The van der Waals surface area contributed by atoms with E-state index < -0.39 is 5.41 Å². The third kappa shape index (κ3) is 1.33. The van der Waals surface area contributed by atoms with E-state index in [9.17, 15) is 0 Å². The number of hydrogen-bond donors (Lipinski definition) is 0. The third-order valence-electron chi connectivity index (χ3n) is 2.50. The van der Waals surface area contributed by atoms with Gasteiger partial charge in [0.05, 0.1) is 30.0 Å². The van der Waals surface area contributed by atoms with E-state index in [1.54, 1.807) is 6.20 Å². The van der Waals surface area contributed by atoms with Gasteiger partial charge in [0.25, 0.3) is 0 Å². The van der Waals surface area contributed by atoms with Gasteiger partial charge in [-0.05, 0) is 19.9 Å². The highest BCUT2D eigenvalue weighted by Crippen LogP contribution is 2.28. The van der Waals surface area contributed by atoms with E-state index in [4.69, 9.17) is 10.00 Å². The zero-order valence-corrected chi connectivity index (χ0v) is 8.37. The molecule has 0 unspecified atom stereocenters. The van der Waals surface area contributed by atoms with Crippen molar-refractivity contribution in [2.24, 2.45) is 0 Å². The molecule has 0 fully saturated rings. The normalized spacial score (nSPS) is 14.4. The molecular formula is C11H12N2O. The van der Waals surface area contributed by atoms with Gasteiger partial charge in [-0.3, -0.25) is 4.98 Å². The molecule has 1 aliphatic rings. The van der Waals surface area contributed by atoms with Gasteiger partial charge in [-0.1, -0.05) is 0 Å². The predicted molar refractivity (Wildman–Crippen MR) is 52.1 cm³/mol. The molecule has 0 spiro atoms. The summed E-state index contributed by atoms with van der Waals surface area (Å²) in [5.74, 6) is 0.863. The van der Waals surface area contributed by atoms with E-state index in [1.165, 1.54) is 5.56 Å². The first-order chi connectivity index (χ1) is 6.63. The second-order valence-corrected chi connectivity index (χ2v) is 4.01. The first kappa shape index (κ1) is 9.01. The van der Waals surface area contributed by atoms with Crippen LogP contribution in [0.3, 0.4) is 0 Å². The molecule has 0 atom stereocenters. The number of fused-ring (bicyclic) bond motifs is 1. The van der Waals surface area contributed by atoms with Crippen molar-refractivity contribution >= 4 is 0 Å². The Hall–Kier alpha value is -1.56. The maximum atomic E-state index is 8.97. The van der Waals surface area contributed by atoms with Gasteiger partial charge in [0.1, 0.15) is 5.75 Å². The fourth-order valence-electron chi connectivity index (χ4n) is 1.48. The van der Waals surface area contributed by atoms with Gasteiger partial charge in [0, 0.05) is 12.0 Å². The van der Waals surface area contributed by atoms with Crippen LogP contribution in [-0.2, 0) is 11.8 Å². The Labute approximate surface area is 83.3 Å². The van der Waals surface area contributed by atoms with Crippen LogP contribution in [0.2, 0.25) is 0 Å². The highest BCUT2D eigenvalue weighted by molar-refractivity contribution is 5.38. The Balaban J connectivity index is 2.44. The summed E-state index contributed by atoms with van der Waals surface area (Å²) >= 11 is 0. The smallest absolute Gasteiger partial charge is 0.140 e. The number of nitriles is 1. The van der Waals surface area contributed by atoms with Crippen LogP contribution in [0.4, 0.5) is 0 Å². The molecule has 0 bridgehead atoms. The Kier molecular flexibility index (Phi) is 1.92. The van der Waals surface area contributed by atoms with Gasteiger partial charge in [0.15, 0.2) is 0 Å². The molecule has 0 aromatic carbocycles. The van der Waals surface area contributed by atoms with Crippen LogP contribution in [-0.4, -0.2) is 11.6 Å². The number of hydrogen-bond acceptors (Lipinski definition) is 3. The van der Waals surface area contributed by atoms with Crippen molar-refractivity contribution in [2.75, 3.05) is 6.61 Å². The molecule has 0 radical (unpaired) electrons. The minimum Gasteiger partial charge on any atom is -0.491 e. The molecule has 0 amide bonds. The minimum atomic E-state index is -0.516. The van der Waals surface area contributed by atoms with Crippen molar-refractivity contribution in [2.45, 2.75) is 25.7 Å². The lowest BCUT2D eigenvalue weighted by atomic mass is 9.90. The van der Waals surface area contributed by atoms with Gasteiger partial charge in [-0.15, -0.1) is 0 Å². The van der Waals surface area contributed by atoms with Crippen molar-refractivity contribution < 1.29 is 4.74 Å². The lowest BCUT2D eigenvalue weighted by Crippen LogP contribution is -2.15. The summed E-state index contributed by atoms with van der Waals surface area (Å²) in [6.45, 7) is 4.47. The molecule has 2 rings (SSSR count). The Morgan fingerprint density at radius 3 is 3.07 bits per heavy atom. The molecule has 3 nitrogen and oxygen atoms in total. The SMILES string of the molecule is CC(C)(C#N)c1cc2c(cn1)OCC2. The first-order valence-electron chi connectivity index (χ1n) is 4.67. The van der Waals surface area contributed by atoms with Crippen LogP contribution in [0.5, 0.6) is 5.75 Å². The van der Waals surface area contributed by atoms with E-state index in [0.717, 1.165) is 24.5 Å². The molecule has 14 heavy (non-hydrogen) atoms. The molecular weight excluding hydrogens is 176 g/mol. The summed E-state index contributed by atoms with van der Waals surface area (Å²) in [4.78, 5) is 4.25. The minimum absolute atomic E-state index is 0.516. The van der Waals surface area contributed by atoms with Crippen molar-refractivity contribution in [1.82, 2.24) is 4.98 Å². The van der Waals surface area contributed by atoms with Crippen LogP contribution in [0.1, 0.15) is 25.1 Å². The van der Waals surface area contributed by atoms with Crippen LogP contribution >= 0.6 is 0 Å². The fourth-order valence-corrected chi connectivity index (χ4v) is 1.48. The van der Waals surface area contributed by atoms with E-state index in [2.05, 4.69) is 11.1 Å². The summed E-state index contributed by atoms with van der Waals surface area (Å²) in [6.07, 6.45) is 2.64. The molecule has 1 aromatic heterocycles. The van der Waals surface area contributed by atoms with Gasteiger partial charge in [-0.25, -0.2) is 0 Å². The monoisotopic (exact) mass is 188 g/mol. The fraction of sp³-hybridized carbons (Fsp3) is 0.455. The zero-order chi connectivity index (χ0) is 10.2. The van der Waals surface area contributed by atoms with E-state index >= 15 is 0 Å². The quantitative estimate of drug-likeness (QED) is 0.675. The average Bonchev–Trinajstić information content (AvgIpc) is 2.64. The summed E-state index contributed by atoms with van der Waals surface area (Å²) in [5, 5.41) is 8.97. The van der Waals surface area contributed by atoms with E-state index in [1.807, 2.05) is 19.9 Å². The topological polar surface area (TPSA) is 45.9 Å². The number of ether oxygens (including phenoxy) is 1. The van der Waals surface area contributed by atoms with Crippen LogP contribution in [0, 0.1) is 11.3 Å². The largest absolute Gasteiger partial charge is 0.491 e.